The molecule has 0 aliphatic heterocycles. The van der Waals surface area contributed by atoms with Gasteiger partial charge in [-0.05, 0) is 90.2 Å². The first kappa shape index (κ1) is 24.2. The van der Waals surface area contributed by atoms with Crippen molar-refractivity contribution in [3.05, 3.63) is 109 Å². The van der Waals surface area contributed by atoms with Crippen LogP contribution in [0, 0.1) is 11.3 Å². The minimum Gasteiger partial charge on any atom is -0.487 e. The minimum absolute atomic E-state index is 0.0109. The minimum atomic E-state index is -0.482. The first-order valence-electron chi connectivity index (χ1n) is 10.2. The lowest BCUT2D eigenvalue weighted by Crippen LogP contribution is -2.13. The number of nitrogens with one attached hydrogen (secondary N) is 1. The monoisotopic (exact) mass is 638 g/mol. The van der Waals surface area contributed by atoms with Crippen LogP contribution >= 0.6 is 47.8 Å². The van der Waals surface area contributed by atoms with Crippen molar-refractivity contribution in [1.82, 2.24) is 0 Å². The molecule has 0 unspecified atom stereocenters. The summed E-state index contributed by atoms with van der Waals surface area (Å²) in [4.78, 5) is 12.6. The van der Waals surface area contributed by atoms with Gasteiger partial charge in [0.05, 0.1) is 8.95 Å². The average Bonchev–Trinajstić information content (AvgIpc) is 2.82. The van der Waals surface area contributed by atoms with Crippen LogP contribution in [0.25, 0.3) is 16.8 Å². The molecule has 0 spiro atoms. The Balaban J connectivity index is 1.53. The summed E-state index contributed by atoms with van der Waals surface area (Å²) in [6.45, 7) is 0.395. The topological polar surface area (TPSA) is 62.1 Å². The Morgan fingerprint density at radius 3 is 2.38 bits per heavy atom. The summed E-state index contributed by atoms with van der Waals surface area (Å²) in [7, 11) is 0. The molecular weight excluding hydrogens is 624 g/mol. The second kappa shape index (κ2) is 11.0. The van der Waals surface area contributed by atoms with Gasteiger partial charge in [-0.1, -0.05) is 64.5 Å². The molecule has 0 heterocycles. The Kier molecular flexibility index (Phi) is 7.84. The highest BCUT2D eigenvalue weighted by atomic mass is 79.9. The van der Waals surface area contributed by atoms with Gasteiger partial charge in [0.25, 0.3) is 5.91 Å². The lowest BCUT2D eigenvalue weighted by Gasteiger charge is -2.13. The van der Waals surface area contributed by atoms with Crippen LogP contribution in [-0.2, 0) is 11.4 Å². The third-order valence-electron chi connectivity index (χ3n) is 5.03. The number of amides is 1. The summed E-state index contributed by atoms with van der Waals surface area (Å²) in [6.07, 6.45) is 1.54. The van der Waals surface area contributed by atoms with E-state index in [0.717, 1.165) is 20.8 Å². The number of hydrogen-bond acceptors (Lipinski definition) is 3. The normalized spacial score (nSPS) is 11.2. The Morgan fingerprint density at radius 1 is 0.941 bits per heavy atom. The van der Waals surface area contributed by atoms with Crippen LogP contribution in [0.3, 0.4) is 0 Å². The molecule has 0 atom stereocenters. The number of fused-ring (bicyclic) bond motifs is 1. The predicted octanol–water partition coefficient (Wildman–Crippen LogP) is 8.25. The highest BCUT2D eigenvalue weighted by molar-refractivity contribution is 9.11. The highest BCUT2D eigenvalue weighted by Crippen LogP contribution is 2.36. The molecule has 7 heteroatoms. The van der Waals surface area contributed by atoms with Gasteiger partial charge in [-0.15, -0.1) is 0 Å². The van der Waals surface area contributed by atoms with Crippen LogP contribution < -0.4 is 10.1 Å². The largest absolute Gasteiger partial charge is 0.487 e. The van der Waals surface area contributed by atoms with Gasteiger partial charge in [0.1, 0.15) is 24.0 Å². The van der Waals surface area contributed by atoms with Crippen LogP contribution in [0.2, 0.25) is 0 Å². The molecule has 0 bridgehead atoms. The molecule has 34 heavy (non-hydrogen) atoms. The summed E-state index contributed by atoms with van der Waals surface area (Å²) < 4.78 is 8.37. The third kappa shape index (κ3) is 5.76. The van der Waals surface area contributed by atoms with Crippen molar-refractivity contribution in [2.24, 2.45) is 0 Å². The molecule has 168 valence electrons. The van der Waals surface area contributed by atoms with Crippen molar-refractivity contribution in [2.45, 2.75) is 6.61 Å². The van der Waals surface area contributed by atoms with E-state index in [1.54, 1.807) is 18.2 Å². The maximum absolute atomic E-state index is 12.6. The highest BCUT2D eigenvalue weighted by Gasteiger charge is 2.13. The number of carbonyl (C=O) groups excluding carboxylic acids is 1. The summed E-state index contributed by atoms with van der Waals surface area (Å²) in [5, 5.41) is 14.6. The van der Waals surface area contributed by atoms with E-state index in [9.17, 15) is 10.1 Å². The molecule has 0 radical (unpaired) electrons. The van der Waals surface area contributed by atoms with E-state index in [1.165, 1.54) is 6.08 Å². The van der Waals surface area contributed by atoms with Gasteiger partial charge < -0.3 is 10.1 Å². The molecule has 1 amide bonds. The van der Waals surface area contributed by atoms with Gasteiger partial charge in [0.2, 0.25) is 0 Å². The Morgan fingerprint density at radius 2 is 1.65 bits per heavy atom. The molecule has 0 saturated carbocycles. The first-order chi connectivity index (χ1) is 16.4. The number of benzene rings is 4. The van der Waals surface area contributed by atoms with Crippen molar-refractivity contribution < 1.29 is 9.53 Å². The van der Waals surface area contributed by atoms with Crippen LogP contribution in [0.4, 0.5) is 5.69 Å². The average molecular weight is 641 g/mol. The molecule has 4 nitrogen and oxygen atoms in total. The van der Waals surface area contributed by atoms with Crippen molar-refractivity contribution in [3.8, 4) is 11.8 Å². The number of nitrogens with zero attached hydrogens (tertiary/aromatic N) is 1. The summed E-state index contributed by atoms with van der Waals surface area (Å²) in [5.74, 6) is 0.159. The lowest BCUT2D eigenvalue weighted by atomic mass is 10.1. The fourth-order valence-corrected chi connectivity index (χ4v) is 5.30. The zero-order valence-corrected chi connectivity index (χ0v) is 22.4. The fourth-order valence-electron chi connectivity index (χ4n) is 3.45. The van der Waals surface area contributed by atoms with Crippen LogP contribution in [0.1, 0.15) is 11.1 Å². The predicted molar refractivity (Wildman–Crippen MR) is 146 cm³/mol. The maximum atomic E-state index is 12.6. The molecule has 0 aliphatic rings. The van der Waals surface area contributed by atoms with E-state index in [4.69, 9.17) is 4.74 Å². The Bertz CT molecular complexity index is 1430. The summed E-state index contributed by atoms with van der Waals surface area (Å²) in [5.41, 5.74) is 2.34. The lowest BCUT2D eigenvalue weighted by molar-refractivity contribution is -0.112. The molecule has 0 saturated heterocycles. The summed E-state index contributed by atoms with van der Waals surface area (Å²) in [6, 6.07) is 27.1. The number of halogens is 3. The van der Waals surface area contributed by atoms with E-state index in [1.807, 2.05) is 48.5 Å². The van der Waals surface area contributed by atoms with Crippen LogP contribution in [0.15, 0.2) is 97.9 Å². The number of ether oxygens (including phenoxy) is 1. The van der Waals surface area contributed by atoms with E-state index in [2.05, 4.69) is 71.3 Å². The number of rotatable bonds is 6. The van der Waals surface area contributed by atoms with E-state index < -0.39 is 5.91 Å². The number of carbonyl (C=O) groups is 1. The van der Waals surface area contributed by atoms with E-state index in [0.29, 0.717) is 32.6 Å². The van der Waals surface area contributed by atoms with E-state index in [-0.39, 0.29) is 5.57 Å². The smallest absolute Gasteiger partial charge is 0.266 e. The van der Waals surface area contributed by atoms with Crippen molar-refractivity contribution in [3.63, 3.8) is 0 Å². The maximum Gasteiger partial charge on any atom is 0.266 e. The van der Waals surface area contributed by atoms with Crippen LogP contribution in [0.5, 0.6) is 5.75 Å². The molecule has 4 rings (SSSR count). The van der Waals surface area contributed by atoms with Gasteiger partial charge in [-0.3, -0.25) is 4.79 Å². The zero-order valence-electron chi connectivity index (χ0n) is 17.7. The van der Waals surface area contributed by atoms with Gasteiger partial charge in [0.15, 0.2) is 0 Å². The van der Waals surface area contributed by atoms with Crippen LogP contribution in [-0.4, -0.2) is 5.91 Å². The third-order valence-corrected chi connectivity index (χ3v) is 6.70. The molecule has 4 aromatic carbocycles. The second-order valence-corrected chi connectivity index (χ2v) is 10.00. The fraction of sp³-hybridized carbons (Fsp3) is 0.0370. The van der Waals surface area contributed by atoms with Gasteiger partial charge in [-0.2, -0.15) is 5.26 Å². The second-order valence-electron chi connectivity index (χ2n) is 7.37. The molecule has 0 aromatic heterocycles. The molecule has 0 fully saturated rings. The molecule has 1 N–H and O–H groups in total. The van der Waals surface area contributed by atoms with Gasteiger partial charge in [-0.25, -0.2) is 0 Å². The van der Waals surface area contributed by atoms with Gasteiger partial charge in [0, 0.05) is 10.2 Å². The quantitative estimate of drug-likeness (QED) is 0.171. The summed E-state index contributed by atoms with van der Waals surface area (Å²) >= 11 is 10.5. The van der Waals surface area contributed by atoms with Gasteiger partial charge >= 0.3 is 0 Å². The van der Waals surface area contributed by atoms with Crippen molar-refractivity contribution >= 4 is 76.2 Å². The van der Waals surface area contributed by atoms with Crippen molar-refractivity contribution in [2.75, 3.05) is 5.32 Å². The zero-order chi connectivity index (χ0) is 24.1. The first-order valence-corrected chi connectivity index (χ1v) is 12.6. The van der Waals surface area contributed by atoms with Crippen molar-refractivity contribution in [1.29, 1.82) is 5.26 Å². The molecule has 4 aromatic rings. The number of anilines is 1. The Labute approximate surface area is 222 Å². The number of nitriles is 1. The molecular formula is C27H17Br3N2O2. The SMILES string of the molecule is N#C/C(=C/c1cc(Br)c(OCc2cccc3ccccc23)c(Br)c1)C(=O)Nc1cccc(Br)c1. The molecule has 0 aliphatic carbocycles. The number of hydrogen-bond donors (Lipinski definition) is 1. The standard InChI is InChI=1S/C27H17Br3N2O2/c28-21-8-4-9-22(14-21)32-27(33)20(15-31)11-17-12-24(29)26(25(30)13-17)34-16-19-7-3-6-18-5-1-2-10-23(18)19/h1-14H,16H2,(H,32,33)/b20-11-. The van der Waals surface area contributed by atoms with E-state index >= 15 is 0 Å². The Hall–Kier alpha value is -2.92.